The minimum atomic E-state index is -0.848. The van der Waals surface area contributed by atoms with Gasteiger partial charge >= 0.3 is 5.97 Å². The van der Waals surface area contributed by atoms with Gasteiger partial charge in [0.1, 0.15) is 12.1 Å². The Balaban J connectivity index is 2.98. The molecule has 22 heavy (non-hydrogen) atoms. The van der Waals surface area contributed by atoms with E-state index in [1.807, 2.05) is 6.92 Å². The first-order valence-corrected chi connectivity index (χ1v) is 8.18. The molecular weight excluding hydrogens is 403 g/mol. The van der Waals surface area contributed by atoms with E-state index < -0.39 is 27.8 Å². The molecular formula is C14H21IN2O5. The number of esters is 1. The lowest BCUT2D eigenvalue weighted by Gasteiger charge is -2.32. The molecule has 124 valence electrons. The maximum absolute atomic E-state index is 12.8. The number of rotatable bonds is 5. The van der Waals surface area contributed by atoms with E-state index in [-0.39, 0.29) is 17.9 Å². The summed E-state index contributed by atoms with van der Waals surface area (Å²) in [5, 5.41) is 2.45. The highest BCUT2D eigenvalue weighted by Crippen LogP contribution is 2.26. The summed E-state index contributed by atoms with van der Waals surface area (Å²) in [6.45, 7) is 5.40. The third-order valence-corrected chi connectivity index (χ3v) is 4.28. The Bertz CT molecular complexity index is 480. The minimum Gasteiger partial charge on any atom is -0.467 e. The van der Waals surface area contributed by atoms with E-state index in [2.05, 4.69) is 5.32 Å². The Kier molecular flexibility index (Phi) is 6.76. The highest BCUT2D eigenvalue weighted by molar-refractivity contribution is 14.1. The van der Waals surface area contributed by atoms with Crippen LogP contribution in [0.5, 0.6) is 0 Å². The number of hydrogen-bond donors (Lipinski definition) is 1. The first-order chi connectivity index (χ1) is 10.2. The minimum absolute atomic E-state index is 0.120. The van der Waals surface area contributed by atoms with Crippen LogP contribution in [0, 0.1) is 5.92 Å². The fourth-order valence-corrected chi connectivity index (χ4v) is 2.75. The second-order valence-electron chi connectivity index (χ2n) is 5.68. The van der Waals surface area contributed by atoms with E-state index in [1.54, 1.807) is 13.8 Å². The van der Waals surface area contributed by atoms with E-state index in [9.17, 15) is 19.2 Å². The molecule has 1 saturated heterocycles. The first kappa shape index (κ1) is 18.9. The van der Waals surface area contributed by atoms with Gasteiger partial charge < -0.3 is 15.0 Å². The summed E-state index contributed by atoms with van der Waals surface area (Å²) >= 11 is 1.37. The Hall–Kier alpha value is -1.19. The molecule has 0 bridgehead atoms. The summed E-state index contributed by atoms with van der Waals surface area (Å²) in [5.41, 5.74) is 0. The number of halogens is 1. The van der Waals surface area contributed by atoms with Crippen LogP contribution in [-0.4, -0.2) is 51.7 Å². The highest BCUT2D eigenvalue weighted by atomic mass is 127. The smallest absolute Gasteiger partial charge is 0.328 e. The van der Waals surface area contributed by atoms with E-state index >= 15 is 0 Å². The predicted molar refractivity (Wildman–Crippen MR) is 87.1 cm³/mol. The fraction of sp³-hybridized carbons (Fsp3) is 0.714. The molecule has 1 rings (SSSR count). The Labute approximate surface area is 143 Å². The van der Waals surface area contributed by atoms with Crippen LogP contribution >= 0.6 is 22.6 Å². The van der Waals surface area contributed by atoms with Crippen molar-refractivity contribution in [3.8, 4) is 0 Å². The molecule has 1 fully saturated rings. The van der Waals surface area contributed by atoms with Crippen molar-refractivity contribution in [2.75, 3.05) is 7.11 Å². The molecule has 0 aromatic rings. The number of carbonyl (C=O) groups is 4. The normalized spacial score (nSPS) is 22.4. The van der Waals surface area contributed by atoms with Gasteiger partial charge in [-0.3, -0.25) is 14.4 Å². The topological polar surface area (TPSA) is 92.8 Å². The summed E-state index contributed by atoms with van der Waals surface area (Å²) in [4.78, 5) is 48.8. The van der Waals surface area contributed by atoms with Gasteiger partial charge in [0.25, 0.3) is 9.70 Å². The summed E-state index contributed by atoms with van der Waals surface area (Å²) in [7, 11) is 1.28. The number of hydrogen-bond acceptors (Lipinski definition) is 5. The molecule has 0 saturated carbocycles. The second-order valence-corrected chi connectivity index (χ2v) is 6.66. The molecule has 1 N–H and O–H groups in total. The molecule has 8 heteroatoms. The number of amides is 2. The number of likely N-dealkylation sites (tertiary alicyclic amines) is 1. The third kappa shape index (κ3) is 4.17. The van der Waals surface area contributed by atoms with Gasteiger partial charge in [-0.1, -0.05) is 13.8 Å². The number of ether oxygens (including phenoxy) is 1. The van der Waals surface area contributed by atoms with Crippen molar-refractivity contribution in [3.05, 3.63) is 0 Å². The molecule has 0 radical (unpaired) electrons. The maximum Gasteiger partial charge on any atom is 0.328 e. The largest absolute Gasteiger partial charge is 0.467 e. The molecule has 0 aromatic carbocycles. The van der Waals surface area contributed by atoms with Crippen molar-refractivity contribution in [1.29, 1.82) is 0 Å². The molecule has 0 aliphatic carbocycles. The average Bonchev–Trinajstić information content (AvgIpc) is 2.84. The van der Waals surface area contributed by atoms with Crippen molar-refractivity contribution in [2.24, 2.45) is 5.92 Å². The zero-order valence-electron chi connectivity index (χ0n) is 13.1. The first-order valence-electron chi connectivity index (χ1n) is 7.11. The quantitative estimate of drug-likeness (QED) is 0.303. The van der Waals surface area contributed by atoms with E-state index in [0.717, 1.165) is 0 Å². The lowest BCUT2D eigenvalue weighted by Crippen LogP contribution is -2.56. The summed E-state index contributed by atoms with van der Waals surface area (Å²) < 4.78 is 4.06. The van der Waals surface area contributed by atoms with Crippen LogP contribution < -0.4 is 5.32 Å². The molecule has 3 atom stereocenters. The summed E-state index contributed by atoms with van der Waals surface area (Å²) in [5.74, 6) is -1.84. The number of methoxy groups -OCH3 is 1. The van der Waals surface area contributed by atoms with Crippen molar-refractivity contribution in [1.82, 2.24) is 10.2 Å². The van der Waals surface area contributed by atoms with Crippen LogP contribution in [0.2, 0.25) is 0 Å². The fourth-order valence-electron chi connectivity index (χ4n) is 2.59. The number of carbonyl (C=O) groups excluding carboxylic acids is 4. The van der Waals surface area contributed by atoms with Crippen molar-refractivity contribution < 1.29 is 23.9 Å². The predicted octanol–water partition coefficient (Wildman–Crippen LogP) is 0.641. The lowest BCUT2D eigenvalue weighted by molar-refractivity contribution is -0.153. The third-order valence-electron chi connectivity index (χ3n) is 3.79. The Morgan fingerprint density at radius 1 is 1.23 bits per heavy atom. The van der Waals surface area contributed by atoms with Crippen molar-refractivity contribution in [3.63, 3.8) is 0 Å². The van der Waals surface area contributed by atoms with Crippen LogP contribution in [0.4, 0.5) is 0 Å². The number of nitrogens with zero attached hydrogens (tertiary/aromatic N) is 1. The number of nitrogens with one attached hydrogen (secondary N) is 1. The van der Waals surface area contributed by atoms with E-state index in [1.165, 1.54) is 34.6 Å². The van der Waals surface area contributed by atoms with Gasteiger partial charge in [-0.2, -0.15) is 0 Å². The van der Waals surface area contributed by atoms with Crippen molar-refractivity contribution in [2.45, 2.75) is 51.7 Å². The van der Waals surface area contributed by atoms with Crippen LogP contribution in [0.25, 0.3) is 0 Å². The van der Waals surface area contributed by atoms with Crippen molar-refractivity contribution >= 4 is 44.2 Å². The molecule has 0 aromatic heterocycles. The standard InChI is InChI=1S/C14H21IN2O5/c1-7(2)10(16-12(19)11(15)18)13(20)17-8(3)5-6-9(17)14(21)22-4/h7-10H,5-6H2,1-4H3,(H,16,19)/t8-,9-,10+/m0/s1. The molecule has 2 amide bonds. The van der Waals surface area contributed by atoms with Gasteiger partial charge in [0.2, 0.25) is 5.91 Å². The molecule has 1 aliphatic rings. The summed E-state index contributed by atoms with van der Waals surface area (Å²) in [6, 6.07) is -1.61. The zero-order valence-corrected chi connectivity index (χ0v) is 15.2. The highest BCUT2D eigenvalue weighted by Gasteiger charge is 2.43. The summed E-state index contributed by atoms with van der Waals surface area (Å²) in [6.07, 6.45) is 1.22. The van der Waals surface area contributed by atoms with Gasteiger partial charge in [-0.05, 0) is 25.7 Å². The van der Waals surface area contributed by atoms with Gasteiger partial charge in [-0.25, -0.2) is 4.79 Å². The maximum atomic E-state index is 12.8. The van der Waals surface area contributed by atoms with Gasteiger partial charge in [0, 0.05) is 28.6 Å². The van der Waals surface area contributed by atoms with Crippen LogP contribution in [-0.2, 0) is 23.9 Å². The molecule has 7 nitrogen and oxygen atoms in total. The average molecular weight is 424 g/mol. The monoisotopic (exact) mass is 424 g/mol. The zero-order chi connectivity index (χ0) is 17.0. The molecule has 0 spiro atoms. The van der Waals surface area contributed by atoms with Crippen LogP contribution in [0.1, 0.15) is 33.6 Å². The Morgan fingerprint density at radius 3 is 2.27 bits per heavy atom. The van der Waals surface area contributed by atoms with Crippen LogP contribution in [0.15, 0.2) is 0 Å². The van der Waals surface area contributed by atoms with Gasteiger partial charge in [0.15, 0.2) is 0 Å². The second kappa shape index (κ2) is 7.89. The Morgan fingerprint density at radius 2 is 1.82 bits per heavy atom. The molecule has 0 unspecified atom stereocenters. The van der Waals surface area contributed by atoms with Gasteiger partial charge in [0.05, 0.1) is 7.11 Å². The van der Waals surface area contributed by atoms with E-state index in [0.29, 0.717) is 12.8 Å². The van der Waals surface area contributed by atoms with Crippen LogP contribution in [0.3, 0.4) is 0 Å². The molecule has 1 heterocycles. The lowest BCUT2D eigenvalue weighted by atomic mass is 10.0. The molecule has 1 aliphatic heterocycles. The van der Waals surface area contributed by atoms with Gasteiger partial charge in [-0.15, -0.1) is 0 Å². The van der Waals surface area contributed by atoms with E-state index in [4.69, 9.17) is 4.74 Å². The SMILES string of the molecule is COC(=O)[C@@H]1CC[C@H](C)N1C(=O)[C@H](NC(=O)C(=O)I)C(C)C.